The van der Waals surface area contributed by atoms with Crippen molar-refractivity contribution in [1.29, 1.82) is 0 Å². The molecule has 0 saturated carbocycles. The van der Waals surface area contributed by atoms with Crippen molar-refractivity contribution in [2.45, 2.75) is 44.7 Å². The molecule has 2 heterocycles. The number of H-pyrrole nitrogens is 1. The molecule has 1 N–H and O–H groups in total. The summed E-state index contributed by atoms with van der Waals surface area (Å²) in [6.45, 7) is 3.06. The summed E-state index contributed by atoms with van der Waals surface area (Å²) in [6, 6.07) is 13.0. The van der Waals surface area contributed by atoms with Crippen molar-refractivity contribution in [3.63, 3.8) is 0 Å². The van der Waals surface area contributed by atoms with Crippen LogP contribution in [-0.4, -0.2) is 51.9 Å². The Morgan fingerprint density at radius 2 is 1.93 bits per heavy atom. The van der Waals surface area contributed by atoms with E-state index in [0.29, 0.717) is 6.04 Å². The van der Waals surface area contributed by atoms with Gasteiger partial charge in [0.2, 0.25) is 0 Å². The molecular formula is C23H31N5. The van der Waals surface area contributed by atoms with E-state index in [1.807, 2.05) is 12.3 Å². The second-order valence-corrected chi connectivity index (χ2v) is 8.14. The minimum absolute atomic E-state index is 0.387. The van der Waals surface area contributed by atoms with Crippen LogP contribution in [0.5, 0.6) is 0 Å². The molecule has 1 atom stereocenters. The molecule has 1 unspecified atom stereocenters. The Morgan fingerprint density at radius 3 is 2.79 bits per heavy atom. The van der Waals surface area contributed by atoms with Crippen molar-refractivity contribution in [2.24, 2.45) is 0 Å². The highest BCUT2D eigenvalue weighted by atomic mass is 15.2. The van der Waals surface area contributed by atoms with Crippen LogP contribution in [0.2, 0.25) is 0 Å². The van der Waals surface area contributed by atoms with E-state index in [0.717, 1.165) is 42.9 Å². The van der Waals surface area contributed by atoms with Crippen molar-refractivity contribution >= 4 is 11.0 Å². The second kappa shape index (κ2) is 8.84. The van der Waals surface area contributed by atoms with Gasteiger partial charge in [-0.2, -0.15) is 0 Å². The molecule has 1 aliphatic carbocycles. The van der Waals surface area contributed by atoms with E-state index in [2.05, 4.69) is 59.2 Å². The van der Waals surface area contributed by atoms with E-state index in [9.17, 15) is 0 Å². The molecule has 148 valence electrons. The number of aryl methyl sites for hydroxylation is 1. The molecule has 28 heavy (non-hydrogen) atoms. The standard InChI is InChI=1S/C23H31N5/c1-27(2)15-5-6-16-28(17-22-25-19-11-3-4-12-20(19)26-22)21-13-7-9-18-10-8-14-24-23(18)21/h3-4,8,10-12,14,21H,5-7,9,13,15-17H2,1-2H3,(H,25,26). The average molecular weight is 378 g/mol. The van der Waals surface area contributed by atoms with Gasteiger partial charge >= 0.3 is 0 Å². The highest BCUT2D eigenvalue weighted by molar-refractivity contribution is 5.74. The highest BCUT2D eigenvalue weighted by Gasteiger charge is 2.27. The van der Waals surface area contributed by atoms with Crippen molar-refractivity contribution in [3.05, 3.63) is 59.7 Å². The molecular weight excluding hydrogens is 346 g/mol. The van der Waals surface area contributed by atoms with Crippen LogP contribution in [0.1, 0.15) is 48.8 Å². The van der Waals surface area contributed by atoms with Crippen LogP contribution in [0.15, 0.2) is 42.6 Å². The third-order valence-electron chi connectivity index (χ3n) is 5.70. The number of pyridine rings is 1. The SMILES string of the molecule is CN(C)CCCCN(Cc1nc2ccccc2[nH]1)C1CCCc2cccnc21. The van der Waals surface area contributed by atoms with Gasteiger partial charge in [-0.1, -0.05) is 18.2 Å². The molecule has 3 aromatic rings. The maximum absolute atomic E-state index is 4.83. The summed E-state index contributed by atoms with van der Waals surface area (Å²) in [5.74, 6) is 1.05. The third kappa shape index (κ3) is 4.42. The molecule has 1 aliphatic rings. The van der Waals surface area contributed by atoms with Gasteiger partial charge in [0.1, 0.15) is 5.82 Å². The van der Waals surface area contributed by atoms with Crippen molar-refractivity contribution in [1.82, 2.24) is 24.8 Å². The number of nitrogens with one attached hydrogen (secondary N) is 1. The minimum atomic E-state index is 0.387. The maximum Gasteiger partial charge on any atom is 0.121 e. The number of unbranched alkanes of at least 4 members (excludes halogenated alkanes) is 1. The van der Waals surface area contributed by atoms with Gasteiger partial charge in [0, 0.05) is 6.20 Å². The minimum Gasteiger partial charge on any atom is -0.341 e. The number of nitrogens with zero attached hydrogens (tertiary/aromatic N) is 4. The van der Waals surface area contributed by atoms with Crippen molar-refractivity contribution in [2.75, 3.05) is 27.2 Å². The lowest BCUT2D eigenvalue weighted by molar-refractivity contribution is 0.157. The van der Waals surface area contributed by atoms with E-state index < -0.39 is 0 Å². The number of fused-ring (bicyclic) bond motifs is 2. The summed E-state index contributed by atoms with van der Waals surface area (Å²) >= 11 is 0. The van der Waals surface area contributed by atoms with Crippen molar-refractivity contribution in [3.8, 4) is 0 Å². The number of imidazole rings is 1. The van der Waals surface area contributed by atoms with Crippen LogP contribution >= 0.6 is 0 Å². The Bertz CT molecular complexity index is 868. The maximum atomic E-state index is 4.83. The van der Waals surface area contributed by atoms with Crippen molar-refractivity contribution < 1.29 is 0 Å². The summed E-state index contributed by atoms with van der Waals surface area (Å²) in [7, 11) is 4.29. The molecule has 4 rings (SSSR count). The molecule has 0 bridgehead atoms. The Labute approximate surface area is 167 Å². The molecule has 0 saturated heterocycles. The number of para-hydroxylation sites is 2. The molecule has 0 fully saturated rings. The molecule has 0 spiro atoms. The van der Waals surface area contributed by atoms with Crippen LogP contribution in [0, 0.1) is 0 Å². The first kappa shape index (κ1) is 19.1. The summed E-state index contributed by atoms with van der Waals surface area (Å²) in [4.78, 5) is 18.0. The first-order chi connectivity index (χ1) is 13.7. The smallest absolute Gasteiger partial charge is 0.121 e. The number of benzene rings is 1. The number of hydrogen-bond acceptors (Lipinski definition) is 4. The molecule has 0 aliphatic heterocycles. The predicted octanol–water partition coefficient (Wildman–Crippen LogP) is 4.18. The largest absolute Gasteiger partial charge is 0.341 e. The number of hydrogen-bond donors (Lipinski definition) is 1. The van der Waals surface area contributed by atoms with Crippen LogP contribution in [0.25, 0.3) is 11.0 Å². The summed E-state index contributed by atoms with van der Waals surface area (Å²) < 4.78 is 0. The van der Waals surface area contributed by atoms with Gasteiger partial charge in [-0.15, -0.1) is 0 Å². The zero-order chi connectivity index (χ0) is 19.3. The Morgan fingerprint density at radius 1 is 1.07 bits per heavy atom. The highest BCUT2D eigenvalue weighted by Crippen LogP contribution is 2.33. The fourth-order valence-corrected chi connectivity index (χ4v) is 4.30. The normalized spacial score (nSPS) is 16.8. The molecule has 2 aromatic heterocycles. The van der Waals surface area contributed by atoms with E-state index in [-0.39, 0.29) is 0 Å². The molecule has 5 nitrogen and oxygen atoms in total. The number of aromatic nitrogens is 3. The summed E-state index contributed by atoms with van der Waals surface area (Å²) in [5, 5.41) is 0. The van der Waals surface area contributed by atoms with E-state index in [1.54, 1.807) is 0 Å². The zero-order valence-electron chi connectivity index (χ0n) is 17.1. The first-order valence-corrected chi connectivity index (χ1v) is 10.5. The van der Waals surface area contributed by atoms with Gasteiger partial charge in [-0.3, -0.25) is 9.88 Å². The van der Waals surface area contributed by atoms with Gasteiger partial charge in [0.05, 0.1) is 29.3 Å². The predicted molar refractivity (Wildman–Crippen MR) is 114 cm³/mol. The fourth-order valence-electron chi connectivity index (χ4n) is 4.30. The molecule has 5 heteroatoms. The second-order valence-electron chi connectivity index (χ2n) is 8.14. The fraction of sp³-hybridized carbons (Fsp3) is 0.478. The lowest BCUT2D eigenvalue weighted by Crippen LogP contribution is -2.33. The quantitative estimate of drug-likeness (QED) is 0.598. The van der Waals surface area contributed by atoms with Gasteiger partial charge in [0.25, 0.3) is 0 Å². The number of aromatic amines is 1. The lowest BCUT2D eigenvalue weighted by atomic mass is 9.90. The monoisotopic (exact) mass is 377 g/mol. The molecule has 0 amide bonds. The zero-order valence-corrected chi connectivity index (χ0v) is 17.1. The van der Waals surface area contributed by atoms with Crippen LogP contribution < -0.4 is 0 Å². The van der Waals surface area contributed by atoms with Gasteiger partial charge in [-0.25, -0.2) is 4.98 Å². The Balaban J connectivity index is 1.55. The van der Waals surface area contributed by atoms with E-state index >= 15 is 0 Å². The molecule has 1 aromatic carbocycles. The summed E-state index contributed by atoms with van der Waals surface area (Å²) in [6.07, 6.45) is 7.92. The van der Waals surface area contributed by atoms with Crippen LogP contribution in [0.3, 0.4) is 0 Å². The Kier molecular flexibility index (Phi) is 6.03. The van der Waals surface area contributed by atoms with E-state index in [1.165, 1.54) is 36.9 Å². The van der Waals surface area contributed by atoms with Gasteiger partial charge < -0.3 is 9.88 Å². The van der Waals surface area contributed by atoms with E-state index in [4.69, 9.17) is 9.97 Å². The summed E-state index contributed by atoms with van der Waals surface area (Å²) in [5.41, 5.74) is 4.86. The lowest BCUT2D eigenvalue weighted by Gasteiger charge is -2.34. The van der Waals surface area contributed by atoms with Crippen LogP contribution in [0.4, 0.5) is 0 Å². The molecule has 0 radical (unpaired) electrons. The number of rotatable bonds is 8. The first-order valence-electron chi connectivity index (χ1n) is 10.5. The van der Waals surface area contributed by atoms with Gasteiger partial charge in [-0.05, 0) is 83.1 Å². The van der Waals surface area contributed by atoms with Crippen LogP contribution in [-0.2, 0) is 13.0 Å². The van der Waals surface area contributed by atoms with Gasteiger partial charge in [0.15, 0.2) is 0 Å². The topological polar surface area (TPSA) is 48.0 Å². The third-order valence-corrected chi connectivity index (χ3v) is 5.70. The Hall–Kier alpha value is -2.24. The average Bonchev–Trinajstić information content (AvgIpc) is 3.12.